The number of esters is 1. The molecule has 0 bridgehead atoms. The Morgan fingerprint density at radius 3 is 2.80 bits per heavy atom. The highest BCUT2D eigenvalue weighted by molar-refractivity contribution is 9.08. The minimum Gasteiger partial charge on any atom is -0.469 e. The van der Waals surface area contributed by atoms with E-state index in [-0.39, 0.29) is 17.4 Å². The van der Waals surface area contributed by atoms with Crippen LogP contribution in [-0.4, -0.2) is 13.1 Å². The van der Waals surface area contributed by atoms with Gasteiger partial charge in [-0.2, -0.15) is 0 Å². The largest absolute Gasteiger partial charge is 0.469 e. The molecule has 1 rings (SSSR count). The summed E-state index contributed by atoms with van der Waals surface area (Å²) in [5.41, 5.74) is 1.07. The van der Waals surface area contributed by atoms with Crippen LogP contribution in [-0.2, 0) is 21.3 Å². The molecule has 82 valence electrons. The van der Waals surface area contributed by atoms with Crippen molar-refractivity contribution in [2.45, 2.75) is 11.8 Å². The molecule has 0 aliphatic carbocycles. The van der Waals surface area contributed by atoms with E-state index in [0.717, 1.165) is 0 Å². The molecule has 0 unspecified atom stereocenters. The average Bonchev–Trinajstić information content (AvgIpc) is 2.22. The Morgan fingerprint density at radius 2 is 2.27 bits per heavy atom. The van der Waals surface area contributed by atoms with Crippen LogP contribution in [0, 0.1) is 5.82 Å². The normalized spacial score (nSPS) is 10.1. The molecule has 0 atom stereocenters. The van der Waals surface area contributed by atoms with Gasteiger partial charge in [-0.05, 0) is 11.6 Å². The zero-order valence-corrected chi connectivity index (χ0v) is 10.4. The van der Waals surface area contributed by atoms with Gasteiger partial charge in [0, 0.05) is 10.9 Å². The summed E-state index contributed by atoms with van der Waals surface area (Å²) in [6, 6.07) is 3.02. The zero-order valence-electron chi connectivity index (χ0n) is 8.02. The molecule has 0 aliphatic heterocycles. The lowest BCUT2D eigenvalue weighted by atomic mass is 10.1. The fourth-order valence-electron chi connectivity index (χ4n) is 1.15. The molecule has 2 nitrogen and oxygen atoms in total. The first-order valence-corrected chi connectivity index (χ1v) is 5.68. The number of hydrogen-bond acceptors (Lipinski definition) is 2. The number of benzene rings is 1. The first kappa shape index (κ1) is 12.5. The predicted molar refractivity (Wildman–Crippen MR) is 59.8 cm³/mol. The molecule has 15 heavy (non-hydrogen) atoms. The maximum absolute atomic E-state index is 13.3. The third kappa shape index (κ3) is 3.18. The second-order valence-electron chi connectivity index (χ2n) is 2.94. The lowest BCUT2D eigenvalue weighted by Gasteiger charge is -2.05. The Kier molecular flexibility index (Phi) is 4.54. The fourth-order valence-corrected chi connectivity index (χ4v) is 1.82. The van der Waals surface area contributed by atoms with Crippen LogP contribution in [0.5, 0.6) is 0 Å². The SMILES string of the molecule is COC(=O)Cc1cc(Cl)c(F)c(CBr)c1. The minimum atomic E-state index is -0.456. The molecule has 0 fully saturated rings. The summed E-state index contributed by atoms with van der Waals surface area (Å²) in [4.78, 5) is 11.0. The molecular weight excluding hydrogens is 286 g/mol. The van der Waals surface area contributed by atoms with Gasteiger partial charge in [-0.1, -0.05) is 33.6 Å². The first-order valence-electron chi connectivity index (χ1n) is 4.18. The van der Waals surface area contributed by atoms with Gasteiger partial charge in [0.1, 0.15) is 5.82 Å². The summed E-state index contributed by atoms with van der Waals surface area (Å²) in [5, 5.41) is 0.374. The molecule has 1 aromatic carbocycles. The molecule has 0 aliphatic rings. The first-order chi connectivity index (χ1) is 7.08. The highest BCUT2D eigenvalue weighted by Gasteiger charge is 2.10. The van der Waals surface area contributed by atoms with Gasteiger partial charge in [-0.15, -0.1) is 0 Å². The highest BCUT2D eigenvalue weighted by Crippen LogP contribution is 2.23. The van der Waals surface area contributed by atoms with Crippen LogP contribution in [0.15, 0.2) is 12.1 Å². The topological polar surface area (TPSA) is 26.3 Å². The van der Waals surface area contributed by atoms with Crippen molar-refractivity contribution in [1.29, 1.82) is 0 Å². The van der Waals surface area contributed by atoms with E-state index >= 15 is 0 Å². The fraction of sp³-hybridized carbons (Fsp3) is 0.300. The third-order valence-corrected chi connectivity index (χ3v) is 2.76. The molecule has 0 N–H and O–H groups in total. The van der Waals surface area contributed by atoms with Crippen molar-refractivity contribution < 1.29 is 13.9 Å². The van der Waals surface area contributed by atoms with E-state index in [1.165, 1.54) is 13.2 Å². The number of ether oxygens (including phenoxy) is 1. The van der Waals surface area contributed by atoms with Crippen molar-refractivity contribution in [2.24, 2.45) is 0 Å². The molecule has 0 saturated carbocycles. The van der Waals surface area contributed by atoms with E-state index in [1.54, 1.807) is 6.07 Å². The zero-order chi connectivity index (χ0) is 11.4. The van der Waals surface area contributed by atoms with Crippen LogP contribution >= 0.6 is 27.5 Å². The average molecular weight is 296 g/mol. The summed E-state index contributed by atoms with van der Waals surface area (Å²) in [7, 11) is 1.30. The summed E-state index contributed by atoms with van der Waals surface area (Å²) in [6.45, 7) is 0. The van der Waals surface area contributed by atoms with Gasteiger partial charge in [0.15, 0.2) is 0 Å². The van der Waals surface area contributed by atoms with Gasteiger partial charge in [0.05, 0.1) is 18.6 Å². The summed E-state index contributed by atoms with van der Waals surface area (Å²) < 4.78 is 17.8. The van der Waals surface area contributed by atoms with E-state index in [9.17, 15) is 9.18 Å². The second-order valence-corrected chi connectivity index (χ2v) is 3.91. The number of methoxy groups -OCH3 is 1. The molecule has 5 heteroatoms. The van der Waals surface area contributed by atoms with Gasteiger partial charge in [-0.3, -0.25) is 4.79 Å². The molecule has 1 aromatic rings. The Labute approximate surface area is 101 Å². The highest BCUT2D eigenvalue weighted by atomic mass is 79.9. The second kappa shape index (κ2) is 5.47. The lowest BCUT2D eigenvalue weighted by molar-refractivity contribution is -0.139. The maximum atomic E-state index is 13.3. The number of rotatable bonds is 3. The molecule has 0 radical (unpaired) electrons. The van der Waals surface area contributed by atoms with Crippen molar-refractivity contribution in [3.63, 3.8) is 0 Å². The van der Waals surface area contributed by atoms with Gasteiger partial charge in [0.2, 0.25) is 0 Å². The van der Waals surface area contributed by atoms with E-state index in [1.807, 2.05) is 0 Å². The van der Waals surface area contributed by atoms with Crippen molar-refractivity contribution in [3.8, 4) is 0 Å². The van der Waals surface area contributed by atoms with Crippen LogP contribution in [0.4, 0.5) is 4.39 Å². The van der Waals surface area contributed by atoms with E-state index in [0.29, 0.717) is 16.5 Å². The van der Waals surface area contributed by atoms with E-state index in [2.05, 4.69) is 20.7 Å². The predicted octanol–water partition coefficient (Wildman–Crippen LogP) is 3.09. The van der Waals surface area contributed by atoms with Gasteiger partial charge < -0.3 is 4.74 Å². The number of hydrogen-bond donors (Lipinski definition) is 0. The van der Waals surface area contributed by atoms with Crippen molar-refractivity contribution >= 4 is 33.5 Å². The Morgan fingerprint density at radius 1 is 1.60 bits per heavy atom. The Hall–Kier alpha value is -0.610. The summed E-state index contributed by atoms with van der Waals surface area (Å²) in [6.07, 6.45) is 0.0937. The monoisotopic (exact) mass is 294 g/mol. The summed E-state index contributed by atoms with van der Waals surface area (Å²) in [5.74, 6) is -0.833. The lowest BCUT2D eigenvalue weighted by Crippen LogP contribution is -2.05. The Bertz CT molecular complexity index is 382. The molecule has 0 saturated heterocycles. The van der Waals surface area contributed by atoms with Gasteiger partial charge >= 0.3 is 5.97 Å². The number of alkyl halides is 1. The Balaban J connectivity index is 3.00. The molecular formula is C10H9BrClFO2. The standard InChI is InChI=1S/C10H9BrClFO2/c1-15-9(14)4-6-2-7(5-11)10(13)8(12)3-6/h2-3H,4-5H2,1H3. The number of carbonyl (C=O) groups excluding carboxylic acids is 1. The molecule has 0 heterocycles. The molecule has 0 amide bonds. The van der Waals surface area contributed by atoms with Crippen molar-refractivity contribution in [3.05, 3.63) is 34.1 Å². The third-order valence-electron chi connectivity index (χ3n) is 1.88. The minimum absolute atomic E-state index is 0.0193. The van der Waals surface area contributed by atoms with Gasteiger partial charge in [-0.25, -0.2) is 4.39 Å². The quantitative estimate of drug-likeness (QED) is 0.633. The smallest absolute Gasteiger partial charge is 0.309 e. The number of carbonyl (C=O) groups is 1. The van der Waals surface area contributed by atoms with Crippen molar-refractivity contribution in [2.75, 3.05) is 7.11 Å². The maximum Gasteiger partial charge on any atom is 0.309 e. The van der Waals surface area contributed by atoms with Crippen LogP contribution in [0.2, 0.25) is 5.02 Å². The molecule has 0 aromatic heterocycles. The van der Waals surface area contributed by atoms with E-state index < -0.39 is 5.82 Å². The number of halogens is 3. The van der Waals surface area contributed by atoms with Crippen LogP contribution < -0.4 is 0 Å². The summed E-state index contributed by atoms with van der Waals surface area (Å²) >= 11 is 8.82. The van der Waals surface area contributed by atoms with Crippen LogP contribution in [0.25, 0.3) is 0 Å². The van der Waals surface area contributed by atoms with E-state index in [4.69, 9.17) is 11.6 Å². The molecule has 0 spiro atoms. The van der Waals surface area contributed by atoms with Crippen LogP contribution in [0.3, 0.4) is 0 Å². The van der Waals surface area contributed by atoms with Crippen LogP contribution in [0.1, 0.15) is 11.1 Å². The van der Waals surface area contributed by atoms with Crippen molar-refractivity contribution in [1.82, 2.24) is 0 Å². The van der Waals surface area contributed by atoms with Gasteiger partial charge in [0.25, 0.3) is 0 Å².